The van der Waals surface area contributed by atoms with Crippen molar-refractivity contribution in [2.75, 3.05) is 42.6 Å². The van der Waals surface area contributed by atoms with E-state index in [1.54, 1.807) is 4.90 Å². The highest BCUT2D eigenvalue weighted by molar-refractivity contribution is 7.99. The highest BCUT2D eigenvalue weighted by Crippen LogP contribution is 2.53. The van der Waals surface area contributed by atoms with Crippen molar-refractivity contribution in [1.29, 1.82) is 0 Å². The Labute approximate surface area is 168 Å². The summed E-state index contributed by atoms with van der Waals surface area (Å²) in [6, 6.07) is 7.70. The second-order valence-electron chi connectivity index (χ2n) is 7.90. The lowest BCUT2D eigenvalue weighted by Gasteiger charge is -2.32. The highest BCUT2D eigenvalue weighted by Gasteiger charge is 2.67. The number of aliphatic hydroxyl groups is 1. The number of nitrogens with zero attached hydrogens (tertiary/aromatic N) is 2. The fourth-order valence-corrected chi connectivity index (χ4v) is 5.87. The van der Waals surface area contributed by atoms with Crippen molar-refractivity contribution < 1.29 is 19.4 Å². The highest BCUT2D eigenvalue weighted by atomic mass is 32.2. The van der Waals surface area contributed by atoms with Crippen LogP contribution in [0.25, 0.3) is 0 Å². The number of amides is 2. The number of benzene rings is 1. The molecule has 4 aliphatic rings. The normalized spacial score (nSPS) is 33.6. The zero-order chi connectivity index (χ0) is 19.3. The molecule has 1 aromatic rings. The van der Waals surface area contributed by atoms with Gasteiger partial charge in [-0.3, -0.25) is 9.59 Å². The molecule has 0 aliphatic carbocycles. The average Bonchev–Trinajstić information content (AvgIpc) is 3.37. The van der Waals surface area contributed by atoms with Gasteiger partial charge in [0.2, 0.25) is 11.8 Å². The summed E-state index contributed by atoms with van der Waals surface area (Å²) in [7, 11) is 0. The Hall–Kier alpha value is -1.83. The minimum Gasteiger partial charge on any atom is -0.396 e. The molecule has 2 bridgehead atoms. The molecule has 3 fully saturated rings. The molecular weight excluding hydrogens is 376 g/mol. The molecule has 1 aromatic carbocycles. The first-order valence-corrected chi connectivity index (χ1v) is 11.0. The maximum absolute atomic E-state index is 13.4. The van der Waals surface area contributed by atoms with E-state index in [4.69, 9.17) is 9.84 Å². The molecule has 1 spiro atoms. The number of carbonyl (C=O) groups excluding carboxylic acids is 2. The van der Waals surface area contributed by atoms with Crippen LogP contribution in [0.4, 0.5) is 5.69 Å². The first kappa shape index (κ1) is 18.2. The summed E-state index contributed by atoms with van der Waals surface area (Å²) in [5.41, 5.74) is 1.16. The largest absolute Gasteiger partial charge is 0.396 e. The van der Waals surface area contributed by atoms with Gasteiger partial charge in [0.15, 0.2) is 0 Å². The van der Waals surface area contributed by atoms with Gasteiger partial charge in [-0.25, -0.2) is 0 Å². The van der Waals surface area contributed by atoms with Crippen LogP contribution in [-0.2, 0) is 20.7 Å². The van der Waals surface area contributed by atoms with E-state index >= 15 is 0 Å². The van der Waals surface area contributed by atoms with Crippen LogP contribution in [0.5, 0.6) is 0 Å². The maximum Gasteiger partial charge on any atom is 0.234 e. The smallest absolute Gasteiger partial charge is 0.234 e. The number of aliphatic hydroxyl groups excluding tert-OH is 1. The lowest BCUT2D eigenvalue weighted by atomic mass is 9.76. The van der Waals surface area contributed by atoms with Crippen molar-refractivity contribution >= 4 is 29.3 Å². The number of carbonyl (C=O) groups is 2. The number of fused-ring (bicyclic) bond motifs is 1. The molecular formula is C21H24N2O4S. The predicted octanol–water partition coefficient (Wildman–Crippen LogP) is 1.08. The SMILES string of the molecule is O=C(C1C2C(=O)N(c3ccc(CCO)cc3)C[C@@]23C=C[C@@H]1O3)N1CCSCC1. The second-order valence-corrected chi connectivity index (χ2v) is 9.13. The molecule has 0 radical (unpaired) electrons. The first-order valence-electron chi connectivity index (χ1n) is 9.88. The molecule has 4 atom stereocenters. The standard InChI is InChI=1S/C21H24N2O4S/c24-10-6-14-1-3-15(4-2-14)23-13-21-7-5-16(27-21)17(18(21)20(23)26)19(25)22-8-11-28-12-9-22/h1-5,7,16-18,24H,6,8-13H2/t16-,17?,18?,21-/m0/s1. The number of anilines is 1. The molecule has 2 unspecified atom stereocenters. The van der Waals surface area contributed by atoms with Gasteiger partial charge in [0.25, 0.3) is 0 Å². The molecule has 4 heterocycles. The maximum atomic E-state index is 13.4. The van der Waals surface area contributed by atoms with Crippen molar-refractivity contribution in [2.24, 2.45) is 11.8 Å². The third kappa shape index (κ3) is 2.71. The monoisotopic (exact) mass is 400 g/mol. The number of ether oxygens (including phenoxy) is 1. The fraction of sp³-hybridized carbons (Fsp3) is 0.524. The Morgan fingerprint density at radius 3 is 2.71 bits per heavy atom. The Morgan fingerprint density at radius 2 is 2.00 bits per heavy atom. The minimum absolute atomic E-state index is 0.0218. The van der Waals surface area contributed by atoms with Crippen LogP contribution in [0.15, 0.2) is 36.4 Å². The van der Waals surface area contributed by atoms with Crippen LogP contribution >= 0.6 is 11.8 Å². The van der Waals surface area contributed by atoms with E-state index in [0.717, 1.165) is 35.8 Å². The molecule has 5 rings (SSSR count). The zero-order valence-electron chi connectivity index (χ0n) is 15.6. The number of rotatable bonds is 4. The Kier molecular flexibility index (Phi) is 4.49. The van der Waals surface area contributed by atoms with Gasteiger partial charge in [0.1, 0.15) is 5.60 Å². The van der Waals surface area contributed by atoms with Gasteiger partial charge < -0.3 is 19.6 Å². The van der Waals surface area contributed by atoms with E-state index < -0.39 is 17.4 Å². The molecule has 6 nitrogen and oxygen atoms in total. The topological polar surface area (TPSA) is 70.1 Å². The van der Waals surface area contributed by atoms with Gasteiger partial charge >= 0.3 is 0 Å². The molecule has 4 aliphatic heterocycles. The molecule has 0 saturated carbocycles. The first-order chi connectivity index (χ1) is 13.6. The van der Waals surface area contributed by atoms with Gasteiger partial charge in [-0.15, -0.1) is 0 Å². The average molecular weight is 401 g/mol. The molecule has 7 heteroatoms. The summed E-state index contributed by atoms with van der Waals surface area (Å²) >= 11 is 1.86. The van der Waals surface area contributed by atoms with Gasteiger partial charge in [0.05, 0.1) is 24.5 Å². The zero-order valence-corrected chi connectivity index (χ0v) is 16.4. The van der Waals surface area contributed by atoms with E-state index in [-0.39, 0.29) is 24.5 Å². The summed E-state index contributed by atoms with van der Waals surface area (Å²) in [5, 5.41) is 9.08. The van der Waals surface area contributed by atoms with E-state index in [1.165, 1.54) is 0 Å². The molecule has 148 valence electrons. The predicted molar refractivity (Wildman–Crippen MR) is 107 cm³/mol. The molecule has 28 heavy (non-hydrogen) atoms. The van der Waals surface area contributed by atoms with Crippen LogP contribution in [0.2, 0.25) is 0 Å². The van der Waals surface area contributed by atoms with E-state index in [1.807, 2.05) is 53.1 Å². The van der Waals surface area contributed by atoms with Gasteiger partial charge in [-0.05, 0) is 24.1 Å². The summed E-state index contributed by atoms with van der Waals surface area (Å²) < 4.78 is 6.23. The number of thioether (sulfide) groups is 1. The molecule has 1 N–H and O–H groups in total. The van der Waals surface area contributed by atoms with Gasteiger partial charge in [0, 0.05) is 36.9 Å². The Morgan fingerprint density at radius 1 is 1.25 bits per heavy atom. The van der Waals surface area contributed by atoms with Crippen LogP contribution in [-0.4, -0.2) is 71.3 Å². The lowest BCUT2D eigenvalue weighted by molar-refractivity contribution is -0.140. The third-order valence-corrected chi connectivity index (χ3v) is 7.30. The van der Waals surface area contributed by atoms with Crippen LogP contribution < -0.4 is 4.90 Å². The van der Waals surface area contributed by atoms with E-state index in [9.17, 15) is 9.59 Å². The van der Waals surface area contributed by atoms with Crippen molar-refractivity contribution in [3.63, 3.8) is 0 Å². The molecule has 2 amide bonds. The third-order valence-electron chi connectivity index (χ3n) is 6.36. The van der Waals surface area contributed by atoms with E-state index in [2.05, 4.69) is 0 Å². The lowest BCUT2D eigenvalue weighted by Crippen LogP contribution is -2.48. The minimum atomic E-state index is -0.684. The van der Waals surface area contributed by atoms with Crippen molar-refractivity contribution in [1.82, 2.24) is 4.90 Å². The van der Waals surface area contributed by atoms with Crippen LogP contribution in [0.1, 0.15) is 5.56 Å². The van der Waals surface area contributed by atoms with Crippen LogP contribution in [0, 0.1) is 11.8 Å². The number of hydrogen-bond donors (Lipinski definition) is 1. The Balaban J connectivity index is 1.41. The van der Waals surface area contributed by atoms with E-state index in [0.29, 0.717) is 13.0 Å². The summed E-state index contributed by atoms with van der Waals surface area (Å²) in [6.45, 7) is 2.05. The van der Waals surface area contributed by atoms with Crippen LogP contribution in [0.3, 0.4) is 0 Å². The summed E-state index contributed by atoms with van der Waals surface area (Å²) in [5.74, 6) is 1.09. The van der Waals surface area contributed by atoms with Gasteiger partial charge in [-0.2, -0.15) is 11.8 Å². The summed E-state index contributed by atoms with van der Waals surface area (Å²) in [6.07, 6.45) is 4.28. The summed E-state index contributed by atoms with van der Waals surface area (Å²) in [4.78, 5) is 30.3. The quantitative estimate of drug-likeness (QED) is 0.766. The van der Waals surface area contributed by atoms with Crippen molar-refractivity contribution in [3.05, 3.63) is 42.0 Å². The molecule has 3 saturated heterocycles. The Bertz CT molecular complexity index is 820. The van der Waals surface area contributed by atoms with Crippen molar-refractivity contribution in [3.8, 4) is 0 Å². The molecule has 0 aromatic heterocycles. The van der Waals surface area contributed by atoms with Gasteiger partial charge in [-0.1, -0.05) is 24.3 Å². The van der Waals surface area contributed by atoms with Crippen molar-refractivity contribution in [2.45, 2.75) is 18.1 Å². The second kappa shape index (κ2) is 6.90. The fourth-order valence-electron chi connectivity index (χ4n) is 4.96. The number of hydrogen-bond acceptors (Lipinski definition) is 5.